The van der Waals surface area contributed by atoms with Crippen LogP contribution in [0.1, 0.15) is 43.3 Å². The molecule has 0 saturated heterocycles. The Labute approximate surface area is 134 Å². The van der Waals surface area contributed by atoms with E-state index in [0.29, 0.717) is 5.95 Å². The number of thiol groups is 1. The number of nitrogen functional groups attached to an aromatic ring is 1. The van der Waals surface area contributed by atoms with E-state index < -0.39 is 5.67 Å². The molecule has 1 aromatic heterocycles. The third-order valence-corrected chi connectivity index (χ3v) is 3.97. The largest absolute Gasteiger partial charge is 0.368 e. The molecule has 0 aliphatic heterocycles. The Hall–Kier alpha value is -1.89. The zero-order chi connectivity index (χ0) is 15.9. The maximum Gasteiger partial charge on any atom is 0.228 e. The van der Waals surface area contributed by atoms with E-state index in [4.69, 9.17) is 5.73 Å². The first-order valence-electron chi connectivity index (χ1n) is 7.12. The summed E-state index contributed by atoms with van der Waals surface area (Å²) in [6.45, 7) is 2.78. The number of aryl methyl sites for hydroxylation is 1. The molecule has 1 atom stereocenters. The fourth-order valence-electron chi connectivity index (χ4n) is 2.62. The molecule has 0 saturated carbocycles. The number of hydrogen-bond acceptors (Lipinski definition) is 6. The average molecular weight is 319 g/mol. The summed E-state index contributed by atoms with van der Waals surface area (Å²) in [6.07, 6.45) is 1.90. The molecule has 1 unspecified atom stereocenters. The summed E-state index contributed by atoms with van der Waals surface area (Å²) in [5, 5.41) is 3.23. The van der Waals surface area contributed by atoms with E-state index in [-0.39, 0.29) is 17.8 Å². The van der Waals surface area contributed by atoms with Crippen LogP contribution in [0.3, 0.4) is 0 Å². The Kier molecular flexibility index (Phi) is 3.68. The fourth-order valence-corrected chi connectivity index (χ4v) is 2.83. The van der Waals surface area contributed by atoms with Crippen LogP contribution in [0.5, 0.6) is 0 Å². The predicted octanol–water partition coefficient (Wildman–Crippen LogP) is 3.05. The van der Waals surface area contributed by atoms with Crippen molar-refractivity contribution in [2.24, 2.45) is 0 Å². The van der Waals surface area contributed by atoms with Crippen molar-refractivity contribution in [1.82, 2.24) is 15.0 Å². The number of aromatic nitrogens is 3. The zero-order valence-corrected chi connectivity index (χ0v) is 13.4. The van der Waals surface area contributed by atoms with Gasteiger partial charge >= 0.3 is 0 Å². The summed E-state index contributed by atoms with van der Waals surface area (Å²) in [5.41, 5.74) is 6.46. The Balaban J connectivity index is 1.89. The van der Waals surface area contributed by atoms with E-state index in [0.717, 1.165) is 17.7 Å². The highest BCUT2D eigenvalue weighted by molar-refractivity contribution is 7.80. The number of halogens is 1. The quantitative estimate of drug-likeness (QED) is 0.758. The number of hydrogen-bond donors (Lipinski definition) is 3. The van der Waals surface area contributed by atoms with Crippen molar-refractivity contribution in [2.45, 2.75) is 43.3 Å². The maximum atomic E-state index is 14.0. The normalized spacial score (nSPS) is 17.4. The van der Waals surface area contributed by atoms with E-state index >= 15 is 0 Å². The lowest BCUT2D eigenvalue weighted by Crippen LogP contribution is -2.19. The Bertz CT molecular complexity index is 714. The van der Waals surface area contributed by atoms with Gasteiger partial charge in [-0.2, -0.15) is 15.0 Å². The van der Waals surface area contributed by atoms with Crippen molar-refractivity contribution < 1.29 is 4.39 Å². The second-order valence-electron chi connectivity index (χ2n) is 5.93. The average Bonchev–Trinajstić information content (AvgIpc) is 2.80. The number of nitrogens with one attached hydrogen (secondary N) is 1. The van der Waals surface area contributed by atoms with Crippen molar-refractivity contribution in [2.75, 3.05) is 11.1 Å². The third kappa shape index (κ3) is 2.99. The van der Waals surface area contributed by atoms with E-state index in [1.54, 1.807) is 0 Å². The molecule has 1 aliphatic rings. The van der Waals surface area contributed by atoms with Crippen molar-refractivity contribution >= 4 is 24.5 Å². The second kappa shape index (κ2) is 5.39. The molecule has 1 aliphatic carbocycles. The van der Waals surface area contributed by atoms with Crippen molar-refractivity contribution in [3.63, 3.8) is 0 Å². The Morgan fingerprint density at radius 3 is 2.82 bits per heavy atom. The first-order valence-corrected chi connectivity index (χ1v) is 7.57. The second-order valence-corrected chi connectivity index (χ2v) is 6.45. The molecule has 7 heteroatoms. The van der Waals surface area contributed by atoms with Crippen LogP contribution in [0.4, 0.5) is 16.3 Å². The van der Waals surface area contributed by atoms with Gasteiger partial charge in [-0.3, -0.25) is 0 Å². The van der Waals surface area contributed by atoms with Gasteiger partial charge in [-0.15, -0.1) is 12.6 Å². The summed E-state index contributed by atoms with van der Waals surface area (Å²) < 4.78 is 14.0. The number of anilines is 2. The highest BCUT2D eigenvalue weighted by Crippen LogP contribution is 2.34. The minimum absolute atomic E-state index is 0.0133. The maximum absolute atomic E-state index is 14.0. The van der Waals surface area contributed by atoms with E-state index in [9.17, 15) is 4.39 Å². The third-order valence-electron chi connectivity index (χ3n) is 3.69. The molecule has 2 aromatic rings. The van der Waals surface area contributed by atoms with E-state index in [2.05, 4.69) is 39.0 Å². The van der Waals surface area contributed by atoms with Gasteiger partial charge in [-0.05, 0) is 49.9 Å². The van der Waals surface area contributed by atoms with Gasteiger partial charge in [-0.1, -0.05) is 6.07 Å². The van der Waals surface area contributed by atoms with Gasteiger partial charge in [0.25, 0.3) is 0 Å². The number of alkyl halides is 1. The molecule has 0 amide bonds. The minimum Gasteiger partial charge on any atom is -0.368 e. The van der Waals surface area contributed by atoms with Crippen LogP contribution in [0.25, 0.3) is 0 Å². The molecule has 3 N–H and O–H groups in total. The van der Waals surface area contributed by atoms with Gasteiger partial charge in [0, 0.05) is 4.90 Å². The molecular weight excluding hydrogens is 301 g/mol. The molecule has 0 bridgehead atoms. The number of fused-ring (bicyclic) bond motifs is 1. The Morgan fingerprint density at radius 2 is 2.09 bits per heavy atom. The fraction of sp³-hybridized carbons (Fsp3) is 0.400. The van der Waals surface area contributed by atoms with Crippen molar-refractivity contribution in [1.29, 1.82) is 0 Å². The van der Waals surface area contributed by atoms with Crippen LogP contribution in [-0.4, -0.2) is 15.0 Å². The van der Waals surface area contributed by atoms with Gasteiger partial charge in [0.15, 0.2) is 11.5 Å². The first kappa shape index (κ1) is 15.0. The van der Waals surface area contributed by atoms with E-state index in [1.807, 2.05) is 12.1 Å². The molecule has 1 heterocycles. The Morgan fingerprint density at radius 1 is 1.32 bits per heavy atom. The number of rotatable bonds is 3. The lowest BCUT2D eigenvalue weighted by Gasteiger charge is -2.17. The van der Waals surface area contributed by atoms with Crippen LogP contribution in [-0.2, 0) is 12.1 Å². The molecule has 0 radical (unpaired) electrons. The van der Waals surface area contributed by atoms with Gasteiger partial charge in [0.05, 0.1) is 6.04 Å². The van der Waals surface area contributed by atoms with Gasteiger partial charge in [-0.25, -0.2) is 4.39 Å². The van der Waals surface area contributed by atoms with Gasteiger partial charge < -0.3 is 11.1 Å². The summed E-state index contributed by atoms with van der Waals surface area (Å²) in [4.78, 5) is 13.0. The smallest absolute Gasteiger partial charge is 0.228 e. The molecule has 22 heavy (non-hydrogen) atoms. The molecule has 0 spiro atoms. The standard InChI is InChI=1S/C15H18FN5S/c1-15(2,16)12-19-13(17)21-14(20-12)18-11-6-4-8-3-5-9(22)7-10(8)11/h3,5,7,11,22H,4,6H2,1-2H3,(H3,17,18,19,20,21). The highest BCUT2D eigenvalue weighted by atomic mass is 32.1. The summed E-state index contributed by atoms with van der Waals surface area (Å²) in [5.74, 6) is 0.346. The zero-order valence-electron chi connectivity index (χ0n) is 12.5. The number of nitrogens with two attached hydrogens (primary N) is 1. The summed E-state index contributed by atoms with van der Waals surface area (Å²) >= 11 is 4.38. The molecular formula is C15H18FN5S. The van der Waals surface area contributed by atoms with Crippen molar-refractivity contribution in [3.05, 3.63) is 35.2 Å². The molecule has 1 aromatic carbocycles. The van der Waals surface area contributed by atoms with Crippen LogP contribution >= 0.6 is 12.6 Å². The SMILES string of the molecule is CC(C)(F)c1nc(N)nc(NC2CCc3ccc(S)cc32)n1. The highest BCUT2D eigenvalue weighted by Gasteiger charge is 2.27. The number of benzene rings is 1. The lowest BCUT2D eigenvalue weighted by atomic mass is 10.1. The summed E-state index contributed by atoms with van der Waals surface area (Å²) in [7, 11) is 0. The molecule has 5 nitrogen and oxygen atoms in total. The summed E-state index contributed by atoms with van der Waals surface area (Å²) in [6, 6.07) is 6.17. The lowest BCUT2D eigenvalue weighted by molar-refractivity contribution is 0.206. The first-order chi connectivity index (χ1) is 10.3. The van der Waals surface area contributed by atoms with Crippen molar-refractivity contribution in [3.8, 4) is 0 Å². The van der Waals surface area contributed by atoms with E-state index in [1.165, 1.54) is 25.0 Å². The number of nitrogens with zero attached hydrogens (tertiary/aromatic N) is 3. The van der Waals surface area contributed by atoms with Crippen LogP contribution in [0.2, 0.25) is 0 Å². The van der Waals surface area contributed by atoms with Gasteiger partial charge in [0.1, 0.15) is 0 Å². The predicted molar refractivity (Wildman–Crippen MR) is 86.8 cm³/mol. The van der Waals surface area contributed by atoms with Crippen LogP contribution in [0.15, 0.2) is 23.1 Å². The van der Waals surface area contributed by atoms with Crippen LogP contribution in [0, 0.1) is 0 Å². The molecule has 3 rings (SSSR count). The van der Waals surface area contributed by atoms with Crippen LogP contribution < -0.4 is 11.1 Å². The monoisotopic (exact) mass is 319 g/mol. The molecule has 0 fully saturated rings. The molecule has 116 valence electrons. The van der Waals surface area contributed by atoms with Gasteiger partial charge in [0.2, 0.25) is 11.9 Å². The minimum atomic E-state index is -1.67. The topological polar surface area (TPSA) is 76.7 Å².